The second-order valence-electron chi connectivity index (χ2n) is 7.87. The zero-order chi connectivity index (χ0) is 23.1. The van der Waals surface area contributed by atoms with Crippen LogP contribution in [0.2, 0.25) is 0 Å². The predicted octanol–water partition coefficient (Wildman–Crippen LogP) is 3.82. The van der Waals surface area contributed by atoms with Gasteiger partial charge in [-0.25, -0.2) is 8.78 Å². The number of nitrogens with one attached hydrogen (secondary N) is 1. The third-order valence-corrected chi connectivity index (χ3v) is 5.83. The molecule has 0 spiro atoms. The molecule has 1 saturated heterocycles. The average Bonchev–Trinajstić information content (AvgIpc) is 3.27. The van der Waals surface area contributed by atoms with Crippen LogP contribution in [0, 0.1) is 11.6 Å². The lowest BCUT2D eigenvalue weighted by Crippen LogP contribution is -2.39. The van der Waals surface area contributed by atoms with Gasteiger partial charge in [-0.15, -0.1) is 0 Å². The zero-order valence-electron chi connectivity index (χ0n) is 18.1. The van der Waals surface area contributed by atoms with Gasteiger partial charge >= 0.3 is 6.01 Å². The Hall–Kier alpha value is -3.56. The van der Waals surface area contributed by atoms with E-state index in [9.17, 15) is 5.11 Å². The molecule has 0 aliphatic carbocycles. The monoisotopic (exact) mass is 452 g/mol. The maximum atomic E-state index is 16.0. The summed E-state index contributed by atoms with van der Waals surface area (Å²) in [5, 5.41) is 14.8. The van der Waals surface area contributed by atoms with E-state index >= 15 is 8.78 Å². The van der Waals surface area contributed by atoms with Crippen molar-refractivity contribution in [3.63, 3.8) is 0 Å². The number of benzene rings is 3. The Balaban J connectivity index is 1.78. The van der Waals surface area contributed by atoms with Gasteiger partial charge in [-0.05, 0) is 41.6 Å². The molecule has 5 rings (SSSR count). The van der Waals surface area contributed by atoms with E-state index in [-0.39, 0.29) is 46.6 Å². The molecule has 1 fully saturated rings. The lowest BCUT2D eigenvalue weighted by atomic mass is 9.95. The summed E-state index contributed by atoms with van der Waals surface area (Å²) in [4.78, 5) is 10.4. The summed E-state index contributed by atoms with van der Waals surface area (Å²) in [5.41, 5.74) is -0.110. The highest BCUT2D eigenvalue weighted by Crippen LogP contribution is 2.40. The Labute approximate surface area is 188 Å². The lowest BCUT2D eigenvalue weighted by Gasteiger charge is -2.25. The van der Waals surface area contributed by atoms with Crippen molar-refractivity contribution in [1.82, 2.24) is 15.3 Å². The third-order valence-electron chi connectivity index (χ3n) is 5.83. The number of aromatic nitrogens is 2. The number of hydrogen-bond donors (Lipinski definition) is 2. The van der Waals surface area contributed by atoms with Crippen molar-refractivity contribution in [2.45, 2.75) is 6.04 Å². The molecule has 0 saturated carbocycles. The molecule has 2 heterocycles. The second-order valence-corrected chi connectivity index (χ2v) is 7.87. The molecule has 3 aromatic carbocycles. The Kier molecular flexibility index (Phi) is 5.43. The van der Waals surface area contributed by atoms with Gasteiger partial charge in [0.1, 0.15) is 29.6 Å². The van der Waals surface area contributed by atoms with Crippen molar-refractivity contribution in [2.75, 3.05) is 38.9 Å². The van der Waals surface area contributed by atoms with E-state index in [0.717, 1.165) is 0 Å². The number of phenols is 1. The van der Waals surface area contributed by atoms with E-state index in [0.29, 0.717) is 29.7 Å². The second kappa shape index (κ2) is 8.42. The maximum Gasteiger partial charge on any atom is 0.318 e. The largest absolute Gasteiger partial charge is 0.508 e. The summed E-state index contributed by atoms with van der Waals surface area (Å²) >= 11 is 0. The first-order valence-corrected chi connectivity index (χ1v) is 10.5. The van der Waals surface area contributed by atoms with Crippen LogP contribution in [-0.4, -0.2) is 55.2 Å². The van der Waals surface area contributed by atoms with Gasteiger partial charge in [-0.2, -0.15) is 9.97 Å². The number of fused-ring (bicyclic) bond motifs is 2. The summed E-state index contributed by atoms with van der Waals surface area (Å²) in [5.74, 6) is -1.39. The van der Waals surface area contributed by atoms with Gasteiger partial charge in [-0.1, -0.05) is 24.3 Å². The lowest BCUT2D eigenvalue weighted by molar-refractivity contribution is 0.193. The predicted molar refractivity (Wildman–Crippen MR) is 122 cm³/mol. The van der Waals surface area contributed by atoms with Crippen LogP contribution in [-0.2, 0) is 4.74 Å². The van der Waals surface area contributed by atoms with Crippen molar-refractivity contribution >= 4 is 27.5 Å². The summed E-state index contributed by atoms with van der Waals surface area (Å²) in [6.07, 6.45) is 0. The summed E-state index contributed by atoms with van der Waals surface area (Å²) in [6, 6.07) is 11.1. The summed E-state index contributed by atoms with van der Waals surface area (Å²) in [7, 11) is 3.21. The first kappa shape index (κ1) is 21.3. The van der Waals surface area contributed by atoms with Crippen molar-refractivity contribution in [1.29, 1.82) is 0 Å². The molecule has 1 aromatic heterocycles. The van der Waals surface area contributed by atoms with Gasteiger partial charge in [-0.3, -0.25) is 0 Å². The maximum absolute atomic E-state index is 16.0. The summed E-state index contributed by atoms with van der Waals surface area (Å²) < 4.78 is 42.3. The molecule has 4 aromatic rings. The van der Waals surface area contributed by atoms with Crippen LogP contribution in [0.15, 0.2) is 42.5 Å². The molecular formula is C24H22F2N4O3. The van der Waals surface area contributed by atoms with Crippen LogP contribution in [0.1, 0.15) is 0 Å². The minimum atomic E-state index is -0.854. The molecule has 0 bridgehead atoms. The number of ether oxygens (including phenoxy) is 2. The van der Waals surface area contributed by atoms with Crippen molar-refractivity contribution in [3.8, 4) is 22.9 Å². The van der Waals surface area contributed by atoms with Crippen molar-refractivity contribution in [2.24, 2.45) is 0 Å². The number of anilines is 1. The minimum Gasteiger partial charge on any atom is -0.508 e. The molecule has 2 N–H and O–H groups in total. The number of aromatic hydroxyl groups is 1. The molecule has 1 atom stereocenters. The molecule has 0 radical (unpaired) electrons. The fourth-order valence-corrected chi connectivity index (χ4v) is 4.34. The van der Waals surface area contributed by atoms with Crippen LogP contribution in [0.4, 0.5) is 14.6 Å². The highest BCUT2D eigenvalue weighted by atomic mass is 19.1. The zero-order valence-corrected chi connectivity index (χ0v) is 18.1. The van der Waals surface area contributed by atoms with E-state index in [1.807, 2.05) is 11.9 Å². The van der Waals surface area contributed by atoms with Crippen molar-refractivity contribution < 1.29 is 23.4 Å². The van der Waals surface area contributed by atoms with Crippen LogP contribution in [0.25, 0.3) is 32.8 Å². The standard InChI is InChI=1S/C24H22F2N4O3/c1-27-10-14-11-33-12-30(14)23-18-9-19(25)20(21(26)22(18)28-24(29-23)32-2)17-8-15(31)7-13-5-3-4-6-16(13)17/h3-9,14,27,31H,10-12H2,1-2H3/t14-/m1/s1. The van der Waals surface area contributed by atoms with Crippen LogP contribution < -0.4 is 15.0 Å². The topological polar surface area (TPSA) is 79.7 Å². The molecule has 0 unspecified atom stereocenters. The first-order valence-electron chi connectivity index (χ1n) is 10.5. The molecule has 1 aliphatic rings. The van der Waals surface area contributed by atoms with Gasteiger partial charge in [0.05, 0.1) is 25.3 Å². The Morgan fingerprint density at radius 1 is 1.18 bits per heavy atom. The number of phenolic OH excluding ortho intramolecular Hbond substituents is 1. The van der Waals surface area contributed by atoms with Gasteiger partial charge in [0, 0.05) is 11.9 Å². The van der Waals surface area contributed by atoms with Crippen LogP contribution in [0.3, 0.4) is 0 Å². The first-order chi connectivity index (χ1) is 16.0. The molecule has 7 nitrogen and oxygen atoms in total. The van der Waals surface area contributed by atoms with Gasteiger partial charge in [0.25, 0.3) is 0 Å². The Morgan fingerprint density at radius 3 is 2.79 bits per heavy atom. The molecule has 170 valence electrons. The molecule has 33 heavy (non-hydrogen) atoms. The van der Waals surface area contributed by atoms with E-state index in [1.54, 1.807) is 30.3 Å². The number of methoxy groups -OCH3 is 1. The molecule has 1 aliphatic heterocycles. The Morgan fingerprint density at radius 2 is 2.00 bits per heavy atom. The molecule has 9 heteroatoms. The fraction of sp³-hybridized carbons (Fsp3) is 0.250. The summed E-state index contributed by atoms with van der Waals surface area (Å²) in [6.45, 7) is 1.28. The molecular weight excluding hydrogens is 430 g/mol. The Bertz CT molecular complexity index is 1370. The molecule has 0 amide bonds. The minimum absolute atomic E-state index is 0.0372. The van der Waals surface area contributed by atoms with E-state index in [2.05, 4.69) is 15.3 Å². The SMILES string of the molecule is CNC[C@@H]1COCN1c1nc(OC)nc2c(F)c(-c3cc(O)cc4ccccc34)c(F)cc12. The quantitative estimate of drug-likeness (QED) is 0.477. The third kappa shape index (κ3) is 3.59. The van der Waals surface area contributed by atoms with Gasteiger partial charge in [0.15, 0.2) is 5.82 Å². The van der Waals surface area contributed by atoms with Gasteiger partial charge in [0.2, 0.25) is 0 Å². The normalized spacial score (nSPS) is 16.1. The fourth-order valence-electron chi connectivity index (χ4n) is 4.34. The number of nitrogens with zero attached hydrogens (tertiary/aromatic N) is 3. The van der Waals surface area contributed by atoms with Crippen molar-refractivity contribution in [3.05, 3.63) is 54.1 Å². The number of hydrogen-bond acceptors (Lipinski definition) is 7. The van der Waals surface area contributed by atoms with Gasteiger partial charge < -0.3 is 24.8 Å². The average molecular weight is 452 g/mol. The smallest absolute Gasteiger partial charge is 0.318 e. The number of halogens is 2. The van der Waals surface area contributed by atoms with Crippen LogP contribution >= 0.6 is 0 Å². The van der Waals surface area contributed by atoms with E-state index in [1.165, 1.54) is 19.2 Å². The van der Waals surface area contributed by atoms with E-state index in [4.69, 9.17) is 9.47 Å². The van der Waals surface area contributed by atoms with E-state index < -0.39 is 11.6 Å². The number of rotatable bonds is 5. The highest BCUT2D eigenvalue weighted by molar-refractivity contribution is 6.01. The number of likely N-dealkylation sites (N-methyl/N-ethyl adjacent to an activating group) is 1. The highest BCUT2D eigenvalue weighted by Gasteiger charge is 2.30. The van der Waals surface area contributed by atoms with Crippen LogP contribution in [0.5, 0.6) is 11.8 Å².